The van der Waals surface area contributed by atoms with Crippen LogP contribution in [-0.2, 0) is 20.9 Å². The Morgan fingerprint density at radius 3 is 2.32 bits per heavy atom. The summed E-state index contributed by atoms with van der Waals surface area (Å²) in [5.74, 6) is 1.34. The van der Waals surface area contributed by atoms with Crippen molar-refractivity contribution in [2.45, 2.75) is 38.6 Å². The SMILES string of the molecule is COc1ccc(COC[C@@H](C(C)C)N2C(=O)CO[C@H](c3cccc(Cl)c3)[C@H]2c2ccc(Cl)cc2)cc1OC. The number of benzene rings is 3. The molecule has 8 heteroatoms. The Morgan fingerprint density at radius 1 is 0.921 bits per heavy atom. The van der Waals surface area contributed by atoms with E-state index in [9.17, 15) is 4.79 Å². The summed E-state index contributed by atoms with van der Waals surface area (Å²) in [7, 11) is 3.21. The summed E-state index contributed by atoms with van der Waals surface area (Å²) in [5.41, 5.74) is 2.78. The van der Waals surface area contributed by atoms with Crippen molar-refractivity contribution < 1.29 is 23.7 Å². The normalized spacial score (nSPS) is 18.5. The molecule has 38 heavy (non-hydrogen) atoms. The maximum atomic E-state index is 13.5. The number of morpholine rings is 1. The van der Waals surface area contributed by atoms with Crippen LogP contribution in [0.15, 0.2) is 66.7 Å². The Balaban J connectivity index is 1.63. The van der Waals surface area contributed by atoms with Crippen molar-refractivity contribution in [3.05, 3.63) is 93.5 Å². The van der Waals surface area contributed by atoms with Gasteiger partial charge in [0.1, 0.15) is 12.7 Å². The fraction of sp³-hybridized carbons (Fsp3) is 0.367. The number of carbonyl (C=O) groups excluding carboxylic acids is 1. The molecule has 202 valence electrons. The van der Waals surface area contributed by atoms with Gasteiger partial charge in [-0.05, 0) is 59.0 Å². The van der Waals surface area contributed by atoms with Gasteiger partial charge in [-0.1, -0.05) is 67.4 Å². The number of methoxy groups -OCH3 is 2. The van der Waals surface area contributed by atoms with Crippen LogP contribution in [0, 0.1) is 5.92 Å². The molecule has 0 aromatic heterocycles. The average molecular weight is 559 g/mol. The molecule has 0 unspecified atom stereocenters. The van der Waals surface area contributed by atoms with Crippen LogP contribution in [0.5, 0.6) is 11.5 Å². The Kier molecular flexibility index (Phi) is 9.55. The first kappa shape index (κ1) is 28.2. The van der Waals surface area contributed by atoms with Gasteiger partial charge < -0.3 is 23.8 Å². The minimum absolute atomic E-state index is 0.0276. The van der Waals surface area contributed by atoms with E-state index in [0.29, 0.717) is 34.8 Å². The summed E-state index contributed by atoms with van der Waals surface area (Å²) in [6.45, 7) is 4.89. The largest absolute Gasteiger partial charge is 0.493 e. The highest BCUT2D eigenvalue weighted by atomic mass is 35.5. The maximum Gasteiger partial charge on any atom is 0.249 e. The predicted molar refractivity (Wildman–Crippen MR) is 149 cm³/mol. The van der Waals surface area contributed by atoms with Gasteiger partial charge in [0, 0.05) is 10.0 Å². The number of carbonyl (C=O) groups is 1. The zero-order valence-electron chi connectivity index (χ0n) is 22.0. The van der Waals surface area contributed by atoms with Gasteiger partial charge in [0.15, 0.2) is 11.5 Å². The summed E-state index contributed by atoms with van der Waals surface area (Å²) in [5, 5.41) is 1.24. The van der Waals surface area contributed by atoms with Gasteiger partial charge >= 0.3 is 0 Å². The number of amides is 1. The van der Waals surface area contributed by atoms with Crippen LogP contribution in [0.3, 0.4) is 0 Å². The van der Waals surface area contributed by atoms with Crippen LogP contribution < -0.4 is 9.47 Å². The summed E-state index contributed by atoms with van der Waals surface area (Å²) >= 11 is 12.5. The highest BCUT2D eigenvalue weighted by Gasteiger charge is 2.43. The van der Waals surface area contributed by atoms with Crippen molar-refractivity contribution in [1.29, 1.82) is 0 Å². The minimum Gasteiger partial charge on any atom is -0.493 e. The minimum atomic E-state index is -0.403. The molecular formula is C30H33Cl2NO5. The molecule has 1 aliphatic heterocycles. The topological polar surface area (TPSA) is 57.2 Å². The molecule has 4 rings (SSSR count). The molecule has 1 amide bonds. The summed E-state index contributed by atoms with van der Waals surface area (Å²) in [4.78, 5) is 15.4. The van der Waals surface area contributed by atoms with Crippen LogP contribution >= 0.6 is 23.2 Å². The van der Waals surface area contributed by atoms with E-state index in [-0.39, 0.29) is 30.5 Å². The van der Waals surface area contributed by atoms with Gasteiger partial charge in [0.05, 0.1) is 39.5 Å². The molecule has 1 fully saturated rings. The first-order valence-electron chi connectivity index (χ1n) is 12.5. The van der Waals surface area contributed by atoms with Gasteiger partial charge in [-0.15, -0.1) is 0 Å². The van der Waals surface area contributed by atoms with Crippen molar-refractivity contribution in [1.82, 2.24) is 4.90 Å². The highest BCUT2D eigenvalue weighted by molar-refractivity contribution is 6.30. The monoisotopic (exact) mass is 557 g/mol. The van der Waals surface area contributed by atoms with Crippen molar-refractivity contribution in [3.8, 4) is 11.5 Å². The van der Waals surface area contributed by atoms with Gasteiger partial charge in [0.25, 0.3) is 0 Å². The van der Waals surface area contributed by atoms with Gasteiger partial charge in [-0.25, -0.2) is 0 Å². The Labute approximate surface area is 234 Å². The van der Waals surface area contributed by atoms with E-state index >= 15 is 0 Å². The van der Waals surface area contributed by atoms with E-state index in [2.05, 4.69) is 13.8 Å². The third-order valence-corrected chi connectivity index (χ3v) is 7.27. The summed E-state index contributed by atoms with van der Waals surface area (Å²) in [6, 6.07) is 20.3. The second-order valence-electron chi connectivity index (χ2n) is 9.60. The van der Waals surface area contributed by atoms with E-state index in [4.69, 9.17) is 42.1 Å². The lowest BCUT2D eigenvalue weighted by molar-refractivity contribution is -0.168. The molecule has 0 radical (unpaired) electrons. The maximum absolute atomic E-state index is 13.5. The first-order chi connectivity index (χ1) is 18.3. The summed E-state index contributed by atoms with van der Waals surface area (Å²) in [6.07, 6.45) is -0.403. The molecule has 1 aliphatic rings. The lowest BCUT2D eigenvalue weighted by atomic mass is 9.89. The van der Waals surface area contributed by atoms with Gasteiger partial charge in [-0.2, -0.15) is 0 Å². The van der Waals surface area contributed by atoms with Crippen molar-refractivity contribution in [2.75, 3.05) is 27.4 Å². The molecule has 1 saturated heterocycles. The molecule has 0 saturated carbocycles. The number of halogens is 2. The van der Waals surface area contributed by atoms with E-state index in [1.54, 1.807) is 14.2 Å². The van der Waals surface area contributed by atoms with Gasteiger partial charge in [-0.3, -0.25) is 4.79 Å². The van der Waals surface area contributed by atoms with Crippen molar-refractivity contribution >= 4 is 29.1 Å². The van der Waals surface area contributed by atoms with Crippen LogP contribution in [0.1, 0.15) is 42.7 Å². The Hall–Kier alpha value is -2.77. The number of hydrogen-bond donors (Lipinski definition) is 0. The second kappa shape index (κ2) is 12.9. The standard InChI is InChI=1S/C30H33Cl2NO5/c1-19(2)25(17-37-16-20-8-13-26(35-3)27(14-20)36-4)33-28(34)18-38-30(22-6-5-7-24(32)15-22)29(33)21-9-11-23(31)12-10-21/h5-15,19,25,29-30H,16-18H2,1-4H3/t25-,29+,30+/m0/s1. The molecule has 6 nitrogen and oxygen atoms in total. The van der Waals surface area contributed by atoms with Gasteiger partial charge in [0.2, 0.25) is 5.91 Å². The van der Waals surface area contributed by atoms with E-state index in [0.717, 1.165) is 16.7 Å². The molecule has 1 heterocycles. The molecule has 3 aromatic rings. The Morgan fingerprint density at radius 2 is 1.66 bits per heavy atom. The third kappa shape index (κ3) is 6.44. The van der Waals surface area contributed by atoms with Crippen LogP contribution in [-0.4, -0.2) is 44.3 Å². The summed E-state index contributed by atoms with van der Waals surface area (Å²) < 4.78 is 23.1. The quantitative estimate of drug-likeness (QED) is 0.271. The first-order valence-corrected chi connectivity index (χ1v) is 13.3. The second-order valence-corrected chi connectivity index (χ2v) is 10.5. The van der Waals surface area contributed by atoms with Crippen LogP contribution in [0.2, 0.25) is 10.0 Å². The molecular weight excluding hydrogens is 525 g/mol. The number of rotatable bonds is 10. The van der Waals surface area contributed by atoms with Crippen LogP contribution in [0.25, 0.3) is 0 Å². The molecule has 3 aromatic carbocycles. The van der Waals surface area contributed by atoms with Crippen molar-refractivity contribution in [2.24, 2.45) is 5.92 Å². The fourth-order valence-electron chi connectivity index (χ4n) is 4.84. The van der Waals surface area contributed by atoms with E-state index in [1.165, 1.54) is 0 Å². The number of ether oxygens (including phenoxy) is 4. The zero-order chi connectivity index (χ0) is 27.2. The lowest BCUT2D eigenvalue weighted by Crippen LogP contribution is -2.54. The highest BCUT2D eigenvalue weighted by Crippen LogP contribution is 2.43. The number of nitrogens with zero attached hydrogens (tertiary/aromatic N) is 1. The molecule has 0 aliphatic carbocycles. The fourth-order valence-corrected chi connectivity index (χ4v) is 5.16. The zero-order valence-corrected chi connectivity index (χ0v) is 23.5. The van der Waals surface area contributed by atoms with E-state index < -0.39 is 6.10 Å². The molecule has 0 N–H and O–H groups in total. The Bertz CT molecular complexity index is 1230. The third-order valence-electron chi connectivity index (χ3n) is 6.78. The predicted octanol–water partition coefficient (Wildman–Crippen LogP) is 6.89. The van der Waals surface area contributed by atoms with Crippen molar-refractivity contribution in [3.63, 3.8) is 0 Å². The molecule has 0 bridgehead atoms. The smallest absolute Gasteiger partial charge is 0.249 e. The molecule has 3 atom stereocenters. The average Bonchev–Trinajstić information content (AvgIpc) is 2.91. The lowest BCUT2D eigenvalue weighted by Gasteiger charge is -2.46. The molecule has 0 spiro atoms. The van der Waals surface area contributed by atoms with Crippen LogP contribution in [0.4, 0.5) is 0 Å². The van der Waals surface area contributed by atoms with E-state index in [1.807, 2.05) is 71.6 Å². The number of hydrogen-bond acceptors (Lipinski definition) is 5.